The molecule has 26 heavy (non-hydrogen) atoms. The summed E-state index contributed by atoms with van der Waals surface area (Å²) in [5.41, 5.74) is 1.10. The second-order valence-electron chi connectivity index (χ2n) is 9.45. The summed E-state index contributed by atoms with van der Waals surface area (Å²) in [7, 11) is 0. The molecule has 4 nitrogen and oxygen atoms in total. The normalized spacial score (nSPS) is 36.0. The lowest BCUT2D eigenvalue weighted by atomic mass is 9.49. The smallest absolute Gasteiger partial charge is 0.231 e. The van der Waals surface area contributed by atoms with Gasteiger partial charge in [0.1, 0.15) is 5.82 Å². The molecule has 1 aliphatic heterocycles. The molecule has 0 radical (unpaired) electrons. The Morgan fingerprint density at radius 1 is 0.962 bits per heavy atom. The highest BCUT2D eigenvalue weighted by Crippen LogP contribution is 2.60. The van der Waals surface area contributed by atoms with Crippen molar-refractivity contribution >= 4 is 17.4 Å². The van der Waals surface area contributed by atoms with Crippen LogP contribution in [0.15, 0.2) is 18.3 Å². The maximum absolute atomic E-state index is 13.1. The molecule has 1 aromatic rings. The molecule has 4 bridgehead atoms. The van der Waals surface area contributed by atoms with Crippen molar-refractivity contribution < 1.29 is 4.79 Å². The van der Waals surface area contributed by atoms with Crippen LogP contribution >= 0.6 is 0 Å². The number of hydrogen-bond acceptors (Lipinski definition) is 3. The van der Waals surface area contributed by atoms with Crippen LogP contribution in [0.2, 0.25) is 0 Å². The molecule has 6 rings (SSSR count). The number of nitrogens with one attached hydrogen (secondary N) is 1. The fourth-order valence-electron chi connectivity index (χ4n) is 6.61. The lowest BCUT2D eigenvalue weighted by Crippen LogP contribution is -2.51. The summed E-state index contributed by atoms with van der Waals surface area (Å²) in [5.74, 6) is 3.36. The van der Waals surface area contributed by atoms with E-state index in [1.807, 2.05) is 12.3 Å². The largest absolute Gasteiger partial charge is 0.370 e. The zero-order valence-electron chi connectivity index (χ0n) is 15.8. The van der Waals surface area contributed by atoms with Crippen LogP contribution in [0.3, 0.4) is 0 Å². The summed E-state index contributed by atoms with van der Waals surface area (Å²) < 4.78 is 0. The quantitative estimate of drug-likeness (QED) is 0.862. The first-order chi connectivity index (χ1) is 12.7. The van der Waals surface area contributed by atoms with Gasteiger partial charge in [-0.2, -0.15) is 0 Å². The molecular formula is C22H31N3O. The number of pyridine rings is 1. The fourth-order valence-corrected chi connectivity index (χ4v) is 6.61. The van der Waals surface area contributed by atoms with Gasteiger partial charge in [0.05, 0.1) is 17.3 Å². The maximum atomic E-state index is 13.1. The van der Waals surface area contributed by atoms with Gasteiger partial charge in [-0.3, -0.25) is 4.79 Å². The third kappa shape index (κ3) is 3.01. The summed E-state index contributed by atoms with van der Waals surface area (Å²) in [6.07, 6.45) is 14.6. The summed E-state index contributed by atoms with van der Waals surface area (Å²) in [4.78, 5) is 20.2. The van der Waals surface area contributed by atoms with Crippen molar-refractivity contribution in [3.63, 3.8) is 0 Å². The molecular weight excluding hydrogens is 322 g/mol. The zero-order valence-corrected chi connectivity index (χ0v) is 15.8. The van der Waals surface area contributed by atoms with Gasteiger partial charge in [0, 0.05) is 13.1 Å². The molecule has 0 spiro atoms. The van der Waals surface area contributed by atoms with Crippen LogP contribution in [0.1, 0.15) is 64.2 Å². The number of nitrogens with zero attached hydrogens (tertiary/aromatic N) is 2. The Labute approximate surface area is 156 Å². The minimum Gasteiger partial charge on any atom is -0.370 e. The third-order valence-electron chi connectivity index (χ3n) is 7.48. The van der Waals surface area contributed by atoms with Gasteiger partial charge >= 0.3 is 0 Å². The Kier molecular flexibility index (Phi) is 4.17. The number of anilines is 2. The molecule has 5 fully saturated rings. The Hall–Kier alpha value is -1.58. The van der Waals surface area contributed by atoms with Gasteiger partial charge < -0.3 is 10.2 Å². The Morgan fingerprint density at radius 2 is 1.58 bits per heavy atom. The highest BCUT2D eigenvalue weighted by Gasteiger charge is 2.54. The molecule has 0 unspecified atom stereocenters. The van der Waals surface area contributed by atoms with Crippen LogP contribution in [0, 0.1) is 23.2 Å². The van der Waals surface area contributed by atoms with E-state index in [2.05, 4.69) is 21.3 Å². The topological polar surface area (TPSA) is 45.2 Å². The van der Waals surface area contributed by atoms with Crippen molar-refractivity contribution in [2.24, 2.45) is 23.2 Å². The van der Waals surface area contributed by atoms with Crippen LogP contribution in [-0.2, 0) is 4.79 Å². The van der Waals surface area contributed by atoms with E-state index in [9.17, 15) is 4.79 Å². The fraction of sp³-hybridized carbons (Fsp3) is 0.727. The minimum absolute atomic E-state index is 0.0973. The monoisotopic (exact) mass is 353 g/mol. The molecule has 5 aliphatic rings. The van der Waals surface area contributed by atoms with Gasteiger partial charge in [-0.1, -0.05) is 12.8 Å². The average molecular weight is 354 g/mol. The predicted molar refractivity (Wildman–Crippen MR) is 104 cm³/mol. The van der Waals surface area contributed by atoms with Gasteiger partial charge in [0.2, 0.25) is 5.91 Å². The molecule has 1 N–H and O–H groups in total. The zero-order chi connectivity index (χ0) is 17.6. The maximum Gasteiger partial charge on any atom is 0.231 e. The van der Waals surface area contributed by atoms with Crippen LogP contribution in [0.5, 0.6) is 0 Å². The Bertz CT molecular complexity index is 625. The molecule has 0 atom stereocenters. The predicted octanol–water partition coefficient (Wildman–Crippen LogP) is 4.62. The van der Waals surface area contributed by atoms with Crippen molar-refractivity contribution in [3.8, 4) is 0 Å². The van der Waals surface area contributed by atoms with E-state index in [0.29, 0.717) is 0 Å². The van der Waals surface area contributed by atoms with Crippen molar-refractivity contribution in [1.29, 1.82) is 0 Å². The number of hydrogen-bond donors (Lipinski definition) is 1. The number of amides is 1. The number of rotatable bonds is 3. The van der Waals surface area contributed by atoms with E-state index in [-0.39, 0.29) is 11.3 Å². The standard InChI is InChI=1S/C22H31N3O/c26-21(22-12-16-9-17(13-22)11-18(10-16)14-22)24-20-6-5-19(15-23-20)25-7-3-1-2-4-8-25/h5-6,15-18H,1-4,7-14H2,(H,23,24,26). The van der Waals surface area contributed by atoms with Crippen molar-refractivity contribution in [2.75, 3.05) is 23.3 Å². The lowest BCUT2D eigenvalue weighted by molar-refractivity contribution is -0.140. The third-order valence-corrected chi connectivity index (χ3v) is 7.48. The minimum atomic E-state index is -0.0973. The van der Waals surface area contributed by atoms with Gasteiger partial charge in [-0.05, 0) is 81.3 Å². The van der Waals surface area contributed by atoms with E-state index in [1.54, 1.807) is 0 Å². The van der Waals surface area contributed by atoms with Crippen LogP contribution in [-0.4, -0.2) is 24.0 Å². The second kappa shape index (κ2) is 6.54. The molecule has 140 valence electrons. The second-order valence-corrected chi connectivity index (χ2v) is 9.45. The average Bonchev–Trinajstić information content (AvgIpc) is 2.91. The first-order valence-corrected chi connectivity index (χ1v) is 10.7. The van der Waals surface area contributed by atoms with Crippen LogP contribution in [0.25, 0.3) is 0 Å². The first kappa shape index (κ1) is 16.6. The number of carbonyl (C=O) groups excluding carboxylic acids is 1. The van der Waals surface area contributed by atoms with E-state index in [4.69, 9.17) is 0 Å². The van der Waals surface area contributed by atoms with Gasteiger partial charge in [-0.25, -0.2) is 4.98 Å². The van der Waals surface area contributed by atoms with E-state index in [1.165, 1.54) is 50.6 Å². The van der Waals surface area contributed by atoms with E-state index in [0.717, 1.165) is 55.9 Å². The summed E-state index contributed by atoms with van der Waals surface area (Å²) in [6.45, 7) is 2.25. The molecule has 1 saturated heterocycles. The van der Waals surface area contributed by atoms with Crippen molar-refractivity contribution in [3.05, 3.63) is 18.3 Å². The summed E-state index contributed by atoms with van der Waals surface area (Å²) in [6, 6.07) is 4.13. The van der Waals surface area contributed by atoms with Gasteiger partial charge in [-0.15, -0.1) is 0 Å². The summed E-state index contributed by atoms with van der Waals surface area (Å²) in [5, 5.41) is 3.17. The van der Waals surface area contributed by atoms with Crippen LogP contribution in [0.4, 0.5) is 11.5 Å². The number of carbonyl (C=O) groups is 1. The molecule has 4 heteroatoms. The van der Waals surface area contributed by atoms with E-state index >= 15 is 0 Å². The molecule has 2 heterocycles. The molecule has 0 aromatic carbocycles. The molecule has 4 aliphatic carbocycles. The lowest BCUT2D eigenvalue weighted by Gasteiger charge is -2.55. The summed E-state index contributed by atoms with van der Waals surface area (Å²) >= 11 is 0. The van der Waals surface area contributed by atoms with Gasteiger partial charge in [0.15, 0.2) is 0 Å². The molecule has 4 saturated carbocycles. The SMILES string of the molecule is O=C(Nc1ccc(N2CCCCCC2)cn1)C12CC3CC(CC(C3)C1)C2. The highest BCUT2D eigenvalue weighted by molar-refractivity contribution is 5.95. The molecule has 1 aromatic heterocycles. The van der Waals surface area contributed by atoms with Crippen LogP contribution < -0.4 is 10.2 Å². The Morgan fingerprint density at radius 3 is 2.12 bits per heavy atom. The molecule has 1 amide bonds. The highest BCUT2D eigenvalue weighted by atomic mass is 16.2. The first-order valence-electron chi connectivity index (χ1n) is 10.7. The van der Waals surface area contributed by atoms with Crippen molar-refractivity contribution in [1.82, 2.24) is 4.98 Å². The van der Waals surface area contributed by atoms with Crippen molar-refractivity contribution in [2.45, 2.75) is 64.2 Å². The number of aromatic nitrogens is 1. The van der Waals surface area contributed by atoms with Gasteiger partial charge in [0.25, 0.3) is 0 Å². The Balaban J connectivity index is 1.27. The van der Waals surface area contributed by atoms with E-state index < -0.39 is 0 Å².